The zero-order valence-electron chi connectivity index (χ0n) is 9.02. The molecular formula is C11H10F3N3. The number of fused-ring (bicyclic) bond motifs is 1. The van der Waals surface area contributed by atoms with Gasteiger partial charge in [0, 0.05) is 12.6 Å². The van der Waals surface area contributed by atoms with Gasteiger partial charge in [0.05, 0.1) is 23.0 Å². The fraction of sp³-hybridized carbons (Fsp3) is 0.182. The van der Waals surface area contributed by atoms with E-state index >= 15 is 0 Å². The fourth-order valence-electron chi connectivity index (χ4n) is 1.65. The van der Waals surface area contributed by atoms with E-state index < -0.39 is 17.5 Å². The van der Waals surface area contributed by atoms with Crippen LogP contribution < -0.4 is 11.1 Å². The van der Waals surface area contributed by atoms with Crippen LogP contribution in [0.4, 0.5) is 24.5 Å². The van der Waals surface area contributed by atoms with E-state index in [9.17, 15) is 13.2 Å². The minimum atomic E-state index is -1.27. The summed E-state index contributed by atoms with van der Waals surface area (Å²) in [6.07, 6.45) is 1.17. The van der Waals surface area contributed by atoms with Crippen molar-refractivity contribution in [2.45, 2.75) is 6.92 Å². The molecule has 0 aliphatic carbocycles. The molecule has 1 aromatic carbocycles. The normalized spacial score (nSPS) is 10.8. The number of halogens is 3. The van der Waals surface area contributed by atoms with E-state index in [-0.39, 0.29) is 22.3 Å². The SMILES string of the molecule is CCNc1c(N)cnc2c(F)c(F)cc(F)c12. The van der Waals surface area contributed by atoms with Gasteiger partial charge >= 0.3 is 0 Å². The van der Waals surface area contributed by atoms with E-state index in [4.69, 9.17) is 5.73 Å². The zero-order valence-corrected chi connectivity index (χ0v) is 9.02. The van der Waals surface area contributed by atoms with E-state index in [1.165, 1.54) is 6.20 Å². The molecule has 3 N–H and O–H groups in total. The number of hydrogen-bond donors (Lipinski definition) is 2. The molecule has 0 radical (unpaired) electrons. The van der Waals surface area contributed by atoms with Crippen LogP contribution in [0.25, 0.3) is 10.9 Å². The Morgan fingerprint density at radius 2 is 2.00 bits per heavy atom. The minimum Gasteiger partial charge on any atom is -0.396 e. The Labute approximate surface area is 95.4 Å². The van der Waals surface area contributed by atoms with Gasteiger partial charge < -0.3 is 11.1 Å². The number of nitrogens with zero attached hydrogens (tertiary/aromatic N) is 1. The maximum Gasteiger partial charge on any atom is 0.185 e. The molecule has 90 valence electrons. The van der Waals surface area contributed by atoms with Crippen LogP contribution in [-0.4, -0.2) is 11.5 Å². The van der Waals surface area contributed by atoms with Crippen LogP contribution in [0.5, 0.6) is 0 Å². The standard InChI is InChI=1S/C11H10F3N3/c1-2-16-10-7(15)4-17-11-8(10)5(12)3-6(13)9(11)14/h3-4H,2,15H2,1H3,(H,16,17). The molecule has 0 unspecified atom stereocenters. The Morgan fingerprint density at radius 1 is 1.29 bits per heavy atom. The fourth-order valence-corrected chi connectivity index (χ4v) is 1.65. The number of aromatic nitrogens is 1. The lowest BCUT2D eigenvalue weighted by Crippen LogP contribution is -2.05. The molecule has 1 heterocycles. The third kappa shape index (κ3) is 1.75. The number of benzene rings is 1. The zero-order chi connectivity index (χ0) is 12.6. The molecule has 6 heteroatoms. The lowest BCUT2D eigenvalue weighted by Gasteiger charge is -2.11. The maximum atomic E-state index is 13.6. The summed E-state index contributed by atoms with van der Waals surface area (Å²) in [6, 6.07) is 0.486. The average molecular weight is 241 g/mol. The molecule has 0 amide bonds. The summed E-state index contributed by atoms with van der Waals surface area (Å²) >= 11 is 0. The summed E-state index contributed by atoms with van der Waals surface area (Å²) < 4.78 is 40.1. The van der Waals surface area contributed by atoms with Crippen LogP contribution in [0.3, 0.4) is 0 Å². The summed E-state index contributed by atoms with van der Waals surface area (Å²) in [5, 5.41) is 2.68. The van der Waals surface area contributed by atoms with E-state index in [1.807, 2.05) is 0 Å². The third-order valence-corrected chi connectivity index (χ3v) is 2.37. The van der Waals surface area contributed by atoms with Crippen molar-refractivity contribution >= 4 is 22.3 Å². The van der Waals surface area contributed by atoms with Gasteiger partial charge in [-0.15, -0.1) is 0 Å². The number of hydrogen-bond acceptors (Lipinski definition) is 3. The largest absolute Gasteiger partial charge is 0.396 e. The van der Waals surface area contributed by atoms with Crippen LogP contribution in [0.2, 0.25) is 0 Å². The molecule has 0 bridgehead atoms. The molecule has 2 rings (SSSR count). The predicted octanol–water partition coefficient (Wildman–Crippen LogP) is 2.67. The second kappa shape index (κ2) is 4.12. The van der Waals surface area contributed by atoms with Crippen molar-refractivity contribution < 1.29 is 13.2 Å². The average Bonchev–Trinajstić information content (AvgIpc) is 2.29. The first-order valence-corrected chi connectivity index (χ1v) is 5.01. The van der Waals surface area contributed by atoms with E-state index in [0.717, 1.165) is 0 Å². The molecule has 0 aliphatic heterocycles. The first-order chi connectivity index (χ1) is 8.06. The topological polar surface area (TPSA) is 50.9 Å². The van der Waals surface area contributed by atoms with Gasteiger partial charge in [0.1, 0.15) is 11.3 Å². The van der Waals surface area contributed by atoms with Crippen LogP contribution in [0.1, 0.15) is 6.92 Å². The second-order valence-electron chi connectivity index (χ2n) is 3.50. The van der Waals surface area contributed by atoms with Crippen molar-refractivity contribution in [2.24, 2.45) is 0 Å². The highest BCUT2D eigenvalue weighted by molar-refractivity contribution is 5.97. The van der Waals surface area contributed by atoms with Gasteiger partial charge in [-0.1, -0.05) is 0 Å². The Hall–Kier alpha value is -1.98. The van der Waals surface area contributed by atoms with Crippen LogP contribution >= 0.6 is 0 Å². The summed E-state index contributed by atoms with van der Waals surface area (Å²) in [4.78, 5) is 3.62. The number of nitrogen functional groups attached to an aromatic ring is 1. The van der Waals surface area contributed by atoms with Gasteiger partial charge in [0.15, 0.2) is 11.6 Å². The van der Waals surface area contributed by atoms with Crippen molar-refractivity contribution in [2.75, 3.05) is 17.6 Å². The summed E-state index contributed by atoms with van der Waals surface area (Å²) in [6.45, 7) is 2.26. The molecule has 17 heavy (non-hydrogen) atoms. The van der Waals surface area contributed by atoms with Gasteiger partial charge in [-0.25, -0.2) is 13.2 Å². The minimum absolute atomic E-state index is 0.134. The first kappa shape index (κ1) is 11.5. The second-order valence-corrected chi connectivity index (χ2v) is 3.50. The highest BCUT2D eigenvalue weighted by Gasteiger charge is 2.17. The molecule has 3 nitrogen and oxygen atoms in total. The molecule has 0 spiro atoms. The highest BCUT2D eigenvalue weighted by Crippen LogP contribution is 2.32. The van der Waals surface area contributed by atoms with E-state index in [0.29, 0.717) is 12.6 Å². The van der Waals surface area contributed by atoms with Crippen LogP contribution in [0.15, 0.2) is 12.3 Å². The molecule has 0 fully saturated rings. The molecule has 0 saturated heterocycles. The van der Waals surface area contributed by atoms with Crippen molar-refractivity contribution in [1.82, 2.24) is 4.98 Å². The van der Waals surface area contributed by atoms with Crippen molar-refractivity contribution in [3.63, 3.8) is 0 Å². The van der Waals surface area contributed by atoms with Gasteiger partial charge in [-0.2, -0.15) is 0 Å². The number of nitrogens with two attached hydrogens (primary N) is 1. The summed E-state index contributed by atoms with van der Waals surface area (Å²) in [7, 11) is 0. The van der Waals surface area contributed by atoms with Gasteiger partial charge in [-0.3, -0.25) is 4.98 Å². The van der Waals surface area contributed by atoms with Gasteiger partial charge in [0.2, 0.25) is 0 Å². The van der Waals surface area contributed by atoms with Gasteiger partial charge in [0.25, 0.3) is 0 Å². The third-order valence-electron chi connectivity index (χ3n) is 2.37. The number of anilines is 2. The summed E-state index contributed by atoms with van der Waals surface area (Å²) in [5.41, 5.74) is 5.67. The molecule has 0 atom stereocenters. The maximum absolute atomic E-state index is 13.6. The Kier molecular flexibility index (Phi) is 2.79. The molecule has 0 saturated carbocycles. The lowest BCUT2D eigenvalue weighted by molar-refractivity contribution is 0.504. The number of pyridine rings is 1. The van der Waals surface area contributed by atoms with Gasteiger partial charge in [-0.05, 0) is 6.92 Å². The number of nitrogens with one attached hydrogen (secondary N) is 1. The lowest BCUT2D eigenvalue weighted by atomic mass is 10.1. The monoisotopic (exact) mass is 241 g/mol. The Morgan fingerprint density at radius 3 is 2.65 bits per heavy atom. The molecule has 1 aromatic heterocycles. The van der Waals surface area contributed by atoms with Crippen molar-refractivity contribution in [3.8, 4) is 0 Å². The Bertz CT molecular complexity index is 584. The van der Waals surface area contributed by atoms with Crippen molar-refractivity contribution in [3.05, 3.63) is 29.7 Å². The van der Waals surface area contributed by atoms with Crippen molar-refractivity contribution in [1.29, 1.82) is 0 Å². The predicted molar refractivity (Wildman–Crippen MR) is 60.2 cm³/mol. The first-order valence-electron chi connectivity index (χ1n) is 5.01. The quantitative estimate of drug-likeness (QED) is 0.795. The smallest absolute Gasteiger partial charge is 0.185 e. The van der Waals surface area contributed by atoms with E-state index in [1.54, 1.807) is 6.92 Å². The molecular weight excluding hydrogens is 231 g/mol. The Balaban J connectivity index is 2.89. The molecule has 2 aromatic rings. The van der Waals surface area contributed by atoms with Crippen LogP contribution in [0, 0.1) is 17.5 Å². The van der Waals surface area contributed by atoms with E-state index in [2.05, 4.69) is 10.3 Å². The number of rotatable bonds is 2. The molecule has 0 aliphatic rings. The van der Waals surface area contributed by atoms with Crippen LogP contribution in [-0.2, 0) is 0 Å². The highest BCUT2D eigenvalue weighted by atomic mass is 19.2. The summed E-state index contributed by atoms with van der Waals surface area (Å²) in [5.74, 6) is -3.34.